The quantitative estimate of drug-likeness (QED) is 0.573. The van der Waals surface area contributed by atoms with Crippen LogP contribution >= 0.6 is 12.2 Å². The van der Waals surface area contributed by atoms with E-state index in [1.165, 1.54) is 12.6 Å². The van der Waals surface area contributed by atoms with E-state index < -0.39 is 12.1 Å². The van der Waals surface area contributed by atoms with Crippen molar-refractivity contribution in [2.45, 2.75) is 78.5 Å². The Balaban J connectivity index is 1.68. The fourth-order valence-electron chi connectivity index (χ4n) is 4.61. The molecule has 1 heterocycles. The third kappa shape index (κ3) is 4.73. The van der Waals surface area contributed by atoms with Gasteiger partial charge in [0.05, 0.1) is 0 Å². The lowest BCUT2D eigenvalue weighted by Crippen LogP contribution is -2.56. The molecule has 3 aliphatic rings. The first kappa shape index (κ1) is 21.2. The van der Waals surface area contributed by atoms with Crippen LogP contribution in [0.4, 0.5) is 0 Å². The molecule has 0 bridgehead atoms. The standard InChI is InChI=1S/C21H33N3O3S/c1-6-22-18(25)16-7-12(2)11-24(16)19(26)17(21(3,4)5)23-20(28)27-15-9-13-8-14(13)10-15/h6,12-17H,7-11H2,1-5H3,(H,23,28)/t12-,13?,14?,15?,16?,17?/m1/s1. The van der Waals surface area contributed by atoms with Crippen molar-refractivity contribution in [2.75, 3.05) is 6.54 Å². The van der Waals surface area contributed by atoms with E-state index >= 15 is 0 Å². The van der Waals surface area contributed by atoms with Crippen LogP contribution in [0.15, 0.2) is 4.99 Å². The molecule has 1 aliphatic heterocycles. The van der Waals surface area contributed by atoms with Crippen LogP contribution in [0.1, 0.15) is 60.3 Å². The van der Waals surface area contributed by atoms with Crippen LogP contribution in [0.3, 0.4) is 0 Å². The van der Waals surface area contributed by atoms with Crippen LogP contribution in [-0.2, 0) is 14.3 Å². The third-order valence-electron chi connectivity index (χ3n) is 6.18. The molecule has 2 amide bonds. The topological polar surface area (TPSA) is 71.0 Å². The summed E-state index contributed by atoms with van der Waals surface area (Å²) in [6, 6.07) is -1.05. The zero-order valence-electron chi connectivity index (χ0n) is 17.6. The zero-order chi connectivity index (χ0) is 20.6. The largest absolute Gasteiger partial charge is 0.468 e. The molecule has 0 aromatic carbocycles. The smallest absolute Gasteiger partial charge is 0.268 e. The highest BCUT2D eigenvalue weighted by atomic mass is 32.1. The Morgan fingerprint density at radius 3 is 2.43 bits per heavy atom. The van der Waals surface area contributed by atoms with E-state index in [1.807, 2.05) is 20.8 Å². The third-order valence-corrected chi connectivity index (χ3v) is 6.40. The Bertz CT molecular complexity index is 662. The normalized spacial score (nSPS) is 32.9. The van der Waals surface area contributed by atoms with Gasteiger partial charge in [0.25, 0.3) is 11.1 Å². The van der Waals surface area contributed by atoms with E-state index in [0.717, 1.165) is 24.7 Å². The molecule has 5 atom stereocenters. The van der Waals surface area contributed by atoms with Gasteiger partial charge in [0.1, 0.15) is 18.2 Å². The Hall–Kier alpha value is -1.50. The molecule has 0 aromatic rings. The summed E-state index contributed by atoms with van der Waals surface area (Å²) in [6.45, 7) is 10.3. The highest BCUT2D eigenvalue weighted by Crippen LogP contribution is 2.52. The van der Waals surface area contributed by atoms with E-state index in [9.17, 15) is 9.59 Å². The molecule has 156 valence electrons. The fraction of sp³-hybridized carbons (Fsp3) is 0.810. The number of ether oxygens (including phenoxy) is 1. The van der Waals surface area contributed by atoms with Crippen molar-refractivity contribution in [3.63, 3.8) is 0 Å². The van der Waals surface area contributed by atoms with Crippen molar-refractivity contribution >= 4 is 35.4 Å². The number of nitrogens with zero attached hydrogens (tertiary/aromatic N) is 2. The molecule has 6 nitrogen and oxygen atoms in total. The second-order valence-electron chi connectivity index (χ2n) is 9.77. The lowest BCUT2D eigenvalue weighted by atomic mass is 9.85. The number of fused-ring (bicyclic) bond motifs is 1. The van der Waals surface area contributed by atoms with Gasteiger partial charge < -0.3 is 15.0 Å². The van der Waals surface area contributed by atoms with Crippen molar-refractivity contribution in [1.29, 1.82) is 0 Å². The van der Waals surface area contributed by atoms with Gasteiger partial charge in [-0.3, -0.25) is 9.59 Å². The highest BCUT2D eigenvalue weighted by Gasteiger charge is 2.48. The molecule has 3 fully saturated rings. The van der Waals surface area contributed by atoms with E-state index in [-0.39, 0.29) is 29.3 Å². The lowest BCUT2D eigenvalue weighted by Gasteiger charge is -2.35. The van der Waals surface area contributed by atoms with Crippen LogP contribution < -0.4 is 5.32 Å². The van der Waals surface area contributed by atoms with Crippen molar-refractivity contribution in [3.05, 3.63) is 0 Å². The van der Waals surface area contributed by atoms with Crippen molar-refractivity contribution in [1.82, 2.24) is 10.2 Å². The zero-order valence-corrected chi connectivity index (χ0v) is 18.4. The first-order valence-corrected chi connectivity index (χ1v) is 10.8. The van der Waals surface area contributed by atoms with Crippen LogP contribution in [0, 0.1) is 23.2 Å². The fourth-order valence-corrected chi connectivity index (χ4v) is 4.86. The van der Waals surface area contributed by atoms with Crippen LogP contribution in [0.25, 0.3) is 0 Å². The van der Waals surface area contributed by atoms with Crippen molar-refractivity contribution in [2.24, 2.45) is 28.2 Å². The van der Waals surface area contributed by atoms with Crippen molar-refractivity contribution < 1.29 is 14.3 Å². The molecule has 1 saturated heterocycles. The maximum absolute atomic E-state index is 13.4. The van der Waals surface area contributed by atoms with Gasteiger partial charge in [-0.05, 0) is 68.0 Å². The minimum Gasteiger partial charge on any atom is -0.468 e. The summed E-state index contributed by atoms with van der Waals surface area (Å²) >= 11 is 5.43. The van der Waals surface area contributed by atoms with Crippen LogP contribution in [-0.4, -0.2) is 52.8 Å². The van der Waals surface area contributed by atoms with E-state index in [0.29, 0.717) is 18.1 Å². The number of carbonyl (C=O) groups excluding carboxylic acids is 2. The summed E-state index contributed by atoms with van der Waals surface area (Å²) in [5, 5.41) is 3.46. The number of hydrogen-bond donors (Lipinski definition) is 1. The number of rotatable bonds is 4. The number of likely N-dealkylation sites (tertiary alicyclic amines) is 1. The van der Waals surface area contributed by atoms with Gasteiger partial charge >= 0.3 is 0 Å². The number of nitrogens with one attached hydrogen (secondary N) is 1. The molecular weight excluding hydrogens is 374 g/mol. The van der Waals surface area contributed by atoms with Gasteiger partial charge in [-0.15, -0.1) is 0 Å². The molecular formula is C21H33N3O3S. The van der Waals surface area contributed by atoms with E-state index in [1.54, 1.807) is 11.8 Å². The lowest BCUT2D eigenvalue weighted by molar-refractivity contribution is -0.140. The molecule has 7 heteroatoms. The molecule has 0 spiro atoms. The number of carbonyl (C=O) groups is 2. The second kappa shape index (κ2) is 8.09. The van der Waals surface area contributed by atoms with Gasteiger partial charge in [0.2, 0.25) is 5.91 Å². The number of thiocarbonyl (C=S) groups is 1. The SMILES string of the molecule is CC=NC(=O)C1C[C@@H](C)CN1C(=O)C(NC(=S)OC1CC2CC2C1)C(C)(C)C. The Morgan fingerprint density at radius 1 is 1.21 bits per heavy atom. The van der Waals surface area contributed by atoms with Crippen molar-refractivity contribution in [3.8, 4) is 0 Å². The molecule has 4 unspecified atom stereocenters. The molecule has 0 aromatic heterocycles. The van der Waals surface area contributed by atoms with Crippen LogP contribution in [0.5, 0.6) is 0 Å². The van der Waals surface area contributed by atoms with Gasteiger partial charge in [0, 0.05) is 12.8 Å². The van der Waals surface area contributed by atoms with E-state index in [2.05, 4.69) is 17.2 Å². The molecule has 2 saturated carbocycles. The average molecular weight is 408 g/mol. The highest BCUT2D eigenvalue weighted by molar-refractivity contribution is 7.80. The average Bonchev–Trinajstić information content (AvgIpc) is 3.01. The first-order chi connectivity index (χ1) is 13.1. The summed E-state index contributed by atoms with van der Waals surface area (Å²) in [5.74, 6) is 1.52. The molecule has 3 rings (SSSR count). The molecule has 28 heavy (non-hydrogen) atoms. The minimum atomic E-state index is -0.554. The minimum absolute atomic E-state index is 0.110. The summed E-state index contributed by atoms with van der Waals surface area (Å²) in [6.07, 6.45) is 5.75. The first-order valence-electron chi connectivity index (χ1n) is 10.4. The molecule has 1 N–H and O–H groups in total. The van der Waals surface area contributed by atoms with Gasteiger partial charge in [0.15, 0.2) is 0 Å². The number of amides is 2. The predicted octanol–water partition coefficient (Wildman–Crippen LogP) is 2.95. The maximum Gasteiger partial charge on any atom is 0.268 e. The monoisotopic (exact) mass is 407 g/mol. The Kier molecular flexibility index (Phi) is 6.13. The molecule has 2 aliphatic carbocycles. The summed E-state index contributed by atoms with van der Waals surface area (Å²) in [4.78, 5) is 31.4. The van der Waals surface area contributed by atoms with Gasteiger partial charge in [-0.25, -0.2) is 4.99 Å². The van der Waals surface area contributed by atoms with Crippen LogP contribution in [0.2, 0.25) is 0 Å². The summed E-state index contributed by atoms with van der Waals surface area (Å²) in [5.41, 5.74) is -0.379. The Morgan fingerprint density at radius 2 is 1.86 bits per heavy atom. The van der Waals surface area contributed by atoms with E-state index in [4.69, 9.17) is 17.0 Å². The van der Waals surface area contributed by atoms with Gasteiger partial charge in [-0.2, -0.15) is 0 Å². The summed E-state index contributed by atoms with van der Waals surface area (Å²) < 4.78 is 5.94. The Labute approximate surface area is 173 Å². The maximum atomic E-state index is 13.4. The number of hydrogen-bond acceptors (Lipinski definition) is 4. The predicted molar refractivity (Wildman–Crippen MR) is 113 cm³/mol. The molecule has 0 radical (unpaired) electrons. The van der Waals surface area contributed by atoms with Gasteiger partial charge in [-0.1, -0.05) is 27.7 Å². The number of aliphatic imine (C=N–C) groups is 1. The second-order valence-corrected chi connectivity index (χ2v) is 10.1. The summed E-state index contributed by atoms with van der Waals surface area (Å²) in [7, 11) is 0.